The molecule has 0 radical (unpaired) electrons. The van der Waals surface area contributed by atoms with Gasteiger partial charge < -0.3 is 20.1 Å². The van der Waals surface area contributed by atoms with E-state index in [9.17, 15) is 4.79 Å². The van der Waals surface area contributed by atoms with Gasteiger partial charge in [0.2, 0.25) is 11.0 Å². The van der Waals surface area contributed by atoms with E-state index >= 15 is 0 Å². The molecule has 2 aromatic rings. The summed E-state index contributed by atoms with van der Waals surface area (Å²) in [6.07, 6.45) is 1.75. The standard InChI is InChI=1S/C17H22N4O3S2/c1-5-8-18-16-20-21-17(26-16)25-10-15(22)19-11(2)13-9-12(23-3)6-7-14(13)24-4/h5-7,9,11H,1,8,10H2,2-4H3,(H,18,20)(H,19,22)/t11-/m1/s1. The predicted octanol–water partition coefficient (Wildman–Crippen LogP) is 3.12. The van der Waals surface area contributed by atoms with Crippen molar-refractivity contribution in [3.63, 3.8) is 0 Å². The number of thioether (sulfide) groups is 1. The van der Waals surface area contributed by atoms with Gasteiger partial charge in [-0.25, -0.2) is 0 Å². The number of hydrogen-bond donors (Lipinski definition) is 2. The lowest BCUT2D eigenvalue weighted by atomic mass is 10.1. The van der Waals surface area contributed by atoms with Gasteiger partial charge in [-0.1, -0.05) is 29.2 Å². The van der Waals surface area contributed by atoms with Gasteiger partial charge in [-0.3, -0.25) is 4.79 Å². The third-order valence-electron chi connectivity index (χ3n) is 3.41. The van der Waals surface area contributed by atoms with Gasteiger partial charge in [0.05, 0.1) is 26.0 Å². The molecule has 9 heteroatoms. The molecule has 7 nitrogen and oxygen atoms in total. The zero-order chi connectivity index (χ0) is 18.9. The second kappa shape index (κ2) is 10.0. The zero-order valence-electron chi connectivity index (χ0n) is 14.9. The molecular formula is C17H22N4O3S2. The van der Waals surface area contributed by atoms with Crippen molar-refractivity contribution in [2.45, 2.75) is 17.3 Å². The zero-order valence-corrected chi connectivity index (χ0v) is 16.6. The van der Waals surface area contributed by atoms with Crippen molar-refractivity contribution in [1.82, 2.24) is 15.5 Å². The number of hydrogen-bond acceptors (Lipinski definition) is 8. The van der Waals surface area contributed by atoms with E-state index in [1.54, 1.807) is 20.3 Å². The van der Waals surface area contributed by atoms with Gasteiger partial charge in [-0.15, -0.1) is 16.8 Å². The lowest BCUT2D eigenvalue weighted by Gasteiger charge is -2.18. The Bertz CT molecular complexity index is 751. The number of carbonyl (C=O) groups is 1. The molecule has 0 fully saturated rings. The highest BCUT2D eigenvalue weighted by atomic mass is 32.2. The molecule has 0 aliphatic carbocycles. The average Bonchev–Trinajstić information content (AvgIpc) is 3.11. The lowest BCUT2D eigenvalue weighted by molar-refractivity contribution is -0.119. The Balaban J connectivity index is 1.91. The van der Waals surface area contributed by atoms with Crippen molar-refractivity contribution in [3.05, 3.63) is 36.4 Å². The monoisotopic (exact) mass is 394 g/mol. The molecule has 140 valence electrons. The first kappa shape index (κ1) is 20.1. The van der Waals surface area contributed by atoms with Crippen LogP contribution in [0.1, 0.15) is 18.5 Å². The van der Waals surface area contributed by atoms with Crippen molar-refractivity contribution in [2.75, 3.05) is 31.8 Å². The number of amides is 1. The Morgan fingerprint density at radius 3 is 2.88 bits per heavy atom. The third kappa shape index (κ3) is 5.63. The molecule has 1 amide bonds. The fourth-order valence-electron chi connectivity index (χ4n) is 2.16. The molecule has 2 rings (SSSR count). The highest BCUT2D eigenvalue weighted by molar-refractivity contribution is 8.01. The van der Waals surface area contributed by atoms with Crippen molar-refractivity contribution in [2.24, 2.45) is 0 Å². The van der Waals surface area contributed by atoms with E-state index in [0.29, 0.717) is 23.2 Å². The minimum Gasteiger partial charge on any atom is -0.497 e. The molecule has 1 aromatic heterocycles. The van der Waals surface area contributed by atoms with Crippen LogP contribution in [0.5, 0.6) is 11.5 Å². The lowest BCUT2D eigenvalue weighted by Crippen LogP contribution is -2.28. The molecule has 0 saturated heterocycles. The van der Waals surface area contributed by atoms with Gasteiger partial charge >= 0.3 is 0 Å². The number of methoxy groups -OCH3 is 2. The Morgan fingerprint density at radius 2 is 2.19 bits per heavy atom. The van der Waals surface area contributed by atoms with E-state index in [2.05, 4.69) is 27.4 Å². The van der Waals surface area contributed by atoms with Crippen LogP contribution in [0.4, 0.5) is 5.13 Å². The fraction of sp³-hybridized carbons (Fsp3) is 0.353. The van der Waals surface area contributed by atoms with Crippen LogP contribution in [0.25, 0.3) is 0 Å². The van der Waals surface area contributed by atoms with Crippen LogP contribution in [-0.2, 0) is 4.79 Å². The van der Waals surface area contributed by atoms with Crippen LogP contribution < -0.4 is 20.1 Å². The van der Waals surface area contributed by atoms with Gasteiger partial charge in [0.25, 0.3) is 0 Å². The van der Waals surface area contributed by atoms with Crippen LogP contribution in [0, 0.1) is 0 Å². The normalized spacial score (nSPS) is 11.5. The summed E-state index contributed by atoms with van der Waals surface area (Å²) >= 11 is 2.76. The quantitative estimate of drug-likeness (QED) is 0.473. The van der Waals surface area contributed by atoms with Crippen LogP contribution in [0.2, 0.25) is 0 Å². The molecule has 1 aromatic carbocycles. The largest absolute Gasteiger partial charge is 0.497 e. The van der Waals surface area contributed by atoms with E-state index in [0.717, 1.165) is 9.90 Å². The third-order valence-corrected chi connectivity index (χ3v) is 5.43. The maximum Gasteiger partial charge on any atom is 0.230 e. The molecule has 0 unspecified atom stereocenters. The number of nitrogens with one attached hydrogen (secondary N) is 2. The molecule has 2 N–H and O–H groups in total. The summed E-state index contributed by atoms with van der Waals surface area (Å²) in [6.45, 7) is 6.17. The van der Waals surface area contributed by atoms with E-state index in [1.165, 1.54) is 23.1 Å². The van der Waals surface area contributed by atoms with Gasteiger partial charge in [-0.2, -0.15) is 0 Å². The SMILES string of the molecule is C=CCNc1nnc(SCC(=O)N[C@H](C)c2cc(OC)ccc2OC)s1. The number of carbonyl (C=O) groups excluding carboxylic acids is 1. The summed E-state index contributed by atoms with van der Waals surface area (Å²) in [5, 5.41) is 14.8. The maximum absolute atomic E-state index is 12.3. The first-order valence-corrected chi connectivity index (χ1v) is 9.70. The second-order valence-corrected chi connectivity index (χ2v) is 7.43. The van der Waals surface area contributed by atoms with Crippen LogP contribution in [-0.4, -0.2) is 42.6 Å². The minimum absolute atomic E-state index is 0.0943. The highest BCUT2D eigenvalue weighted by Crippen LogP contribution is 2.30. The molecule has 26 heavy (non-hydrogen) atoms. The number of anilines is 1. The molecular weight excluding hydrogens is 372 g/mol. The molecule has 0 spiro atoms. The van der Waals surface area contributed by atoms with Crippen LogP contribution in [0.15, 0.2) is 35.2 Å². The topological polar surface area (TPSA) is 85.4 Å². The second-order valence-electron chi connectivity index (χ2n) is 5.23. The molecule has 0 aliphatic heterocycles. The Morgan fingerprint density at radius 1 is 1.38 bits per heavy atom. The van der Waals surface area contributed by atoms with E-state index in [-0.39, 0.29) is 17.7 Å². The summed E-state index contributed by atoms with van der Waals surface area (Å²) in [6, 6.07) is 5.29. The molecule has 0 aliphatic rings. The van der Waals surface area contributed by atoms with E-state index < -0.39 is 0 Å². The maximum atomic E-state index is 12.3. The first-order valence-electron chi connectivity index (χ1n) is 7.89. The number of benzene rings is 1. The Labute approximate surface area is 161 Å². The van der Waals surface area contributed by atoms with Gasteiger partial charge in [0, 0.05) is 12.1 Å². The number of ether oxygens (including phenoxy) is 2. The van der Waals surface area contributed by atoms with Crippen molar-refractivity contribution in [3.8, 4) is 11.5 Å². The number of nitrogens with zero attached hydrogens (tertiary/aromatic N) is 2. The summed E-state index contributed by atoms with van der Waals surface area (Å²) < 4.78 is 11.4. The highest BCUT2D eigenvalue weighted by Gasteiger charge is 2.16. The summed E-state index contributed by atoms with van der Waals surface area (Å²) in [4.78, 5) is 12.3. The predicted molar refractivity (Wildman–Crippen MR) is 105 cm³/mol. The molecule has 0 bridgehead atoms. The van der Waals surface area contributed by atoms with Crippen molar-refractivity contribution < 1.29 is 14.3 Å². The summed E-state index contributed by atoms with van der Waals surface area (Å²) in [5.74, 6) is 1.58. The van der Waals surface area contributed by atoms with Gasteiger partial charge in [0.15, 0.2) is 4.34 Å². The van der Waals surface area contributed by atoms with Crippen LogP contribution >= 0.6 is 23.1 Å². The van der Waals surface area contributed by atoms with Crippen LogP contribution in [0.3, 0.4) is 0 Å². The van der Waals surface area contributed by atoms with E-state index in [4.69, 9.17) is 9.47 Å². The minimum atomic E-state index is -0.215. The van der Waals surface area contributed by atoms with Gasteiger partial charge in [-0.05, 0) is 25.1 Å². The average molecular weight is 395 g/mol. The molecule has 1 atom stereocenters. The Kier molecular flexibility index (Phi) is 7.73. The van der Waals surface area contributed by atoms with Crippen molar-refractivity contribution >= 4 is 34.1 Å². The summed E-state index contributed by atoms with van der Waals surface area (Å²) in [7, 11) is 3.20. The smallest absolute Gasteiger partial charge is 0.230 e. The fourth-order valence-corrected chi connectivity index (χ4v) is 3.73. The number of aromatic nitrogens is 2. The Hall–Kier alpha value is -2.26. The number of rotatable bonds is 10. The first-order chi connectivity index (χ1) is 12.6. The molecule has 1 heterocycles. The van der Waals surface area contributed by atoms with Gasteiger partial charge in [0.1, 0.15) is 11.5 Å². The van der Waals surface area contributed by atoms with Crippen molar-refractivity contribution in [1.29, 1.82) is 0 Å². The summed E-state index contributed by atoms with van der Waals surface area (Å²) in [5.41, 5.74) is 0.858. The molecule has 0 saturated carbocycles. The van der Waals surface area contributed by atoms with E-state index in [1.807, 2.05) is 25.1 Å².